The van der Waals surface area contributed by atoms with E-state index >= 15 is 0 Å². The zero-order chi connectivity index (χ0) is 46.3. The van der Waals surface area contributed by atoms with E-state index in [4.69, 9.17) is 9.72 Å². The van der Waals surface area contributed by atoms with Crippen LogP contribution in [0.5, 0.6) is 0 Å². The summed E-state index contributed by atoms with van der Waals surface area (Å²) in [5.74, 6) is 7.49. The van der Waals surface area contributed by atoms with Crippen molar-refractivity contribution < 1.29 is 29.0 Å². The van der Waals surface area contributed by atoms with Gasteiger partial charge in [0.05, 0.1) is 55.6 Å². The van der Waals surface area contributed by atoms with Gasteiger partial charge in [0.15, 0.2) is 0 Å². The predicted molar refractivity (Wildman–Crippen MR) is 251 cm³/mol. The number of hydrogen-bond acceptors (Lipinski definition) is 8. The number of carbonyl (C=O) groups is 4. The third kappa shape index (κ3) is 9.80. The lowest BCUT2D eigenvalue weighted by atomic mass is 10.0. The van der Waals surface area contributed by atoms with Gasteiger partial charge in [-0.15, -0.1) is 0 Å². The third-order valence-corrected chi connectivity index (χ3v) is 13.0. The Morgan fingerprint density at radius 3 is 1.55 bits per heavy atom. The summed E-state index contributed by atoms with van der Waals surface area (Å²) in [7, 11) is 1.28. The van der Waals surface area contributed by atoms with Crippen LogP contribution >= 0.6 is 0 Å². The molecule has 342 valence electrons. The molecule has 3 aliphatic rings. The van der Waals surface area contributed by atoms with E-state index in [-0.39, 0.29) is 42.6 Å². The Kier molecular flexibility index (Phi) is 13.4. The molecule has 0 spiro atoms. The molecule has 5 heterocycles. The highest BCUT2D eigenvalue weighted by Crippen LogP contribution is 2.36. The first-order valence-corrected chi connectivity index (χ1v) is 22.8. The number of aromatic amines is 2. The Labute approximate surface area is 389 Å². The summed E-state index contributed by atoms with van der Waals surface area (Å²) in [6.07, 6.45) is 7.52. The highest BCUT2D eigenvalue weighted by molar-refractivity contribution is 5.89. The number of urea groups is 1. The molecule has 0 unspecified atom stereocenters. The van der Waals surface area contributed by atoms with Gasteiger partial charge in [-0.05, 0) is 85.0 Å². The minimum absolute atomic E-state index is 0.111. The third-order valence-electron chi connectivity index (χ3n) is 13.0. The Hall–Kier alpha value is -7.70. The maximum absolute atomic E-state index is 14.3. The molecule has 67 heavy (non-hydrogen) atoms. The second kappa shape index (κ2) is 20.2. The predicted octanol–water partition coefficient (Wildman–Crippen LogP) is 7.20. The summed E-state index contributed by atoms with van der Waals surface area (Å²) in [6, 6.07) is 31.3. The van der Waals surface area contributed by atoms with Crippen molar-refractivity contribution in [3.05, 3.63) is 155 Å². The quantitative estimate of drug-likeness (QED) is 0.0845. The van der Waals surface area contributed by atoms with Crippen LogP contribution in [0.1, 0.15) is 96.6 Å². The van der Waals surface area contributed by atoms with Crippen molar-refractivity contribution in [3.63, 3.8) is 0 Å². The number of hydrogen-bond donors (Lipinski definition) is 5. The molecule has 0 bridgehead atoms. The summed E-state index contributed by atoms with van der Waals surface area (Å²) < 4.78 is 4.83. The van der Waals surface area contributed by atoms with Crippen LogP contribution < -0.4 is 10.6 Å². The fourth-order valence-electron chi connectivity index (χ4n) is 9.42. The van der Waals surface area contributed by atoms with Gasteiger partial charge in [-0.2, -0.15) is 0 Å². The normalized spacial score (nSPS) is 18.8. The van der Waals surface area contributed by atoms with Crippen LogP contribution in [0.15, 0.2) is 122 Å². The smallest absolute Gasteiger partial charge is 0.407 e. The number of likely N-dealkylation sites (tertiary alicyclic amines) is 3. The molecule has 5 atom stereocenters. The Morgan fingerprint density at radius 2 is 1.09 bits per heavy atom. The van der Waals surface area contributed by atoms with Crippen molar-refractivity contribution in [2.75, 3.05) is 33.4 Å². The molecule has 3 fully saturated rings. The first-order chi connectivity index (χ1) is 32.8. The van der Waals surface area contributed by atoms with Crippen LogP contribution in [0, 0.1) is 11.8 Å². The summed E-state index contributed by atoms with van der Waals surface area (Å²) in [5.41, 5.74) is 6.57. The number of H-pyrrole nitrogens is 2. The zero-order valence-electron chi connectivity index (χ0n) is 37.2. The average molecular weight is 900 g/mol. The van der Waals surface area contributed by atoms with Gasteiger partial charge in [0.25, 0.3) is 5.91 Å². The topological polar surface area (TPSA) is 189 Å². The van der Waals surface area contributed by atoms with Crippen molar-refractivity contribution >= 4 is 23.9 Å². The monoisotopic (exact) mass is 899 g/mol. The molecule has 6 aromatic rings. The van der Waals surface area contributed by atoms with Crippen LogP contribution in [-0.4, -0.2) is 103 Å². The van der Waals surface area contributed by atoms with Gasteiger partial charge in [-0.25, -0.2) is 19.6 Å². The molecule has 9 rings (SSSR count). The highest BCUT2D eigenvalue weighted by atomic mass is 16.5. The molecular formula is C52H53N9O6. The van der Waals surface area contributed by atoms with E-state index in [1.807, 2.05) is 114 Å². The second-order valence-corrected chi connectivity index (χ2v) is 17.1. The van der Waals surface area contributed by atoms with Gasteiger partial charge in [-0.1, -0.05) is 96.8 Å². The number of amides is 5. The molecule has 0 saturated carbocycles. The first kappa shape index (κ1) is 44.5. The molecule has 3 aliphatic heterocycles. The lowest BCUT2D eigenvalue weighted by molar-refractivity contribution is -0.135. The fourth-order valence-corrected chi connectivity index (χ4v) is 9.42. The number of rotatable bonds is 11. The van der Waals surface area contributed by atoms with Gasteiger partial charge >= 0.3 is 12.1 Å². The molecule has 15 nitrogen and oxygen atoms in total. The number of methoxy groups -OCH3 is 1. The number of alkyl carbamates (subject to hydrolysis) is 1. The SMILES string of the molecule is COC(=O)N[C@@H](C(=O)N1CCC[C@H]1c1ncc(-c2ccc(C#Cc3ccc(-c4cnc([C@@H]5CCCN5C(=O)[C@H](NC(=O)N5CCC[C@@H]5CO)c5ccccc5)[nH]4)cc3)cc2)[nH]1)c1ccccc1. The molecule has 0 aliphatic carbocycles. The lowest BCUT2D eigenvalue weighted by Gasteiger charge is -2.31. The van der Waals surface area contributed by atoms with Crippen LogP contribution in [0.2, 0.25) is 0 Å². The van der Waals surface area contributed by atoms with Crippen molar-refractivity contribution in [1.82, 2.24) is 45.3 Å². The van der Waals surface area contributed by atoms with E-state index in [2.05, 4.69) is 37.4 Å². The van der Waals surface area contributed by atoms with Gasteiger partial charge in [0.1, 0.15) is 23.7 Å². The number of ether oxygens (including phenoxy) is 1. The van der Waals surface area contributed by atoms with Crippen molar-refractivity contribution in [1.29, 1.82) is 0 Å². The van der Waals surface area contributed by atoms with Crippen LogP contribution in [0.4, 0.5) is 9.59 Å². The maximum atomic E-state index is 14.3. The van der Waals surface area contributed by atoms with Crippen LogP contribution in [0.25, 0.3) is 22.5 Å². The molecule has 5 N–H and O–H groups in total. The second-order valence-electron chi connectivity index (χ2n) is 17.1. The number of nitrogens with zero attached hydrogens (tertiary/aromatic N) is 5. The molecular weight excluding hydrogens is 847 g/mol. The summed E-state index contributed by atoms with van der Waals surface area (Å²) >= 11 is 0. The number of aromatic nitrogens is 4. The van der Waals surface area contributed by atoms with E-state index in [9.17, 15) is 24.3 Å². The Morgan fingerprint density at radius 1 is 0.642 bits per heavy atom. The van der Waals surface area contributed by atoms with Crippen LogP contribution in [-0.2, 0) is 14.3 Å². The van der Waals surface area contributed by atoms with Crippen molar-refractivity contribution in [2.45, 2.75) is 68.7 Å². The number of imidazole rings is 2. The summed E-state index contributed by atoms with van der Waals surface area (Å²) in [4.78, 5) is 75.4. The summed E-state index contributed by atoms with van der Waals surface area (Å²) in [6.45, 7) is 1.51. The van der Waals surface area contributed by atoms with Crippen molar-refractivity contribution in [2.24, 2.45) is 0 Å². The molecule has 15 heteroatoms. The number of carbonyl (C=O) groups excluding carboxylic acids is 4. The van der Waals surface area contributed by atoms with Gasteiger partial charge in [0, 0.05) is 30.8 Å². The van der Waals surface area contributed by atoms with E-state index in [1.54, 1.807) is 22.2 Å². The molecule has 3 saturated heterocycles. The first-order valence-electron chi connectivity index (χ1n) is 22.8. The van der Waals surface area contributed by atoms with E-state index in [0.29, 0.717) is 42.4 Å². The Bertz CT molecular complexity index is 2750. The number of aliphatic hydroxyl groups is 1. The molecule has 5 amide bonds. The largest absolute Gasteiger partial charge is 0.453 e. The van der Waals surface area contributed by atoms with E-state index in [1.165, 1.54) is 7.11 Å². The molecule has 0 radical (unpaired) electrons. The van der Waals surface area contributed by atoms with Crippen LogP contribution in [0.3, 0.4) is 0 Å². The standard InChI is InChI=1S/C52H53N9O6/c1-67-52(66)58-46(39-13-6-3-7-14-39)50(64)61-30-10-17-44(61)48-54-32-42(56-48)37-26-22-35(23-27-37)19-18-34-20-24-36(25-21-34)41-31-53-47(55-41)43-16-9-29-60(43)49(63)45(38-11-4-2-5-12-38)57-51(65)59-28-8-15-40(59)33-62/h2-7,11-14,20-27,31-32,40,43-46,62H,8-10,15-17,28-30,33H2,1H3,(H,53,55)(H,54,56)(H,57,65)(H,58,66)/t40-,43+,44+,45-,46-/m1/s1. The van der Waals surface area contributed by atoms with E-state index in [0.717, 1.165) is 72.2 Å². The zero-order valence-corrected chi connectivity index (χ0v) is 37.2. The van der Waals surface area contributed by atoms with Crippen molar-refractivity contribution in [3.8, 4) is 34.4 Å². The number of aliphatic hydroxyl groups excluding tert-OH is 1. The number of benzene rings is 4. The van der Waals surface area contributed by atoms with Gasteiger partial charge in [0.2, 0.25) is 5.91 Å². The van der Waals surface area contributed by atoms with Gasteiger partial charge < -0.3 is 45.1 Å². The Balaban J connectivity index is 0.831. The number of nitrogens with one attached hydrogen (secondary N) is 4. The highest BCUT2D eigenvalue weighted by Gasteiger charge is 2.39. The lowest BCUT2D eigenvalue weighted by Crippen LogP contribution is -2.49. The summed E-state index contributed by atoms with van der Waals surface area (Å²) in [5, 5.41) is 15.5. The average Bonchev–Trinajstić information content (AvgIpc) is 4.24. The van der Waals surface area contributed by atoms with E-state index < -0.39 is 18.2 Å². The molecule has 4 aromatic carbocycles. The molecule has 2 aromatic heterocycles. The minimum Gasteiger partial charge on any atom is -0.453 e. The fraction of sp³-hybridized carbons (Fsp3) is 0.308. The minimum atomic E-state index is -0.889. The van der Waals surface area contributed by atoms with Gasteiger partial charge in [-0.3, -0.25) is 9.59 Å². The maximum Gasteiger partial charge on any atom is 0.407 e.